The van der Waals surface area contributed by atoms with Crippen molar-refractivity contribution in [3.8, 4) is 22.8 Å². The summed E-state index contributed by atoms with van der Waals surface area (Å²) in [5, 5.41) is 22.6. The third-order valence-electron chi connectivity index (χ3n) is 6.41. The lowest BCUT2D eigenvalue weighted by Gasteiger charge is -2.20. The predicted molar refractivity (Wildman–Crippen MR) is 127 cm³/mol. The summed E-state index contributed by atoms with van der Waals surface area (Å²) < 4.78 is 12.9. The van der Waals surface area contributed by atoms with Gasteiger partial charge in [-0.2, -0.15) is 5.10 Å². The Labute approximate surface area is 205 Å². The number of aliphatic hydroxyl groups is 1. The van der Waals surface area contributed by atoms with Crippen LogP contribution in [0.25, 0.3) is 22.8 Å². The van der Waals surface area contributed by atoms with Gasteiger partial charge in [0, 0.05) is 38.3 Å². The number of carbonyl (C=O) groups is 1. The van der Waals surface area contributed by atoms with Gasteiger partial charge in [0.25, 0.3) is 5.91 Å². The Bertz CT molecular complexity index is 1450. The number of carbonyl (C=O) groups excluding carboxylic acids is 1. The van der Waals surface area contributed by atoms with Gasteiger partial charge in [-0.25, -0.2) is 15.0 Å². The number of aromatic nitrogens is 6. The van der Waals surface area contributed by atoms with Crippen molar-refractivity contribution < 1.29 is 19.2 Å². The lowest BCUT2D eigenvalue weighted by atomic mass is 9.98. The van der Waals surface area contributed by atoms with E-state index in [0.29, 0.717) is 54.2 Å². The van der Waals surface area contributed by atoms with Crippen LogP contribution in [0.4, 0.5) is 11.8 Å². The number of amides is 1. The number of likely N-dealkylation sites (N-methyl/N-ethyl adjacent to an activating group) is 1. The van der Waals surface area contributed by atoms with E-state index < -0.39 is 11.5 Å². The van der Waals surface area contributed by atoms with E-state index >= 15 is 0 Å². The van der Waals surface area contributed by atoms with Gasteiger partial charge in [0.1, 0.15) is 5.69 Å². The van der Waals surface area contributed by atoms with Crippen molar-refractivity contribution in [2.45, 2.75) is 38.2 Å². The molecular formula is C24H24N8O4. The van der Waals surface area contributed by atoms with E-state index in [0.717, 1.165) is 5.69 Å². The number of fused-ring (bicyclic) bond motifs is 1. The van der Waals surface area contributed by atoms with Crippen LogP contribution >= 0.6 is 0 Å². The lowest BCUT2D eigenvalue weighted by molar-refractivity contribution is -0.144. The molecule has 1 amide bonds. The molecule has 184 valence electrons. The fraction of sp³-hybridized carbons (Fsp3) is 0.333. The zero-order valence-electron chi connectivity index (χ0n) is 19.7. The molecule has 1 fully saturated rings. The molecule has 12 heteroatoms. The van der Waals surface area contributed by atoms with Crippen molar-refractivity contribution in [3.05, 3.63) is 54.0 Å². The van der Waals surface area contributed by atoms with Gasteiger partial charge in [0.2, 0.25) is 11.5 Å². The smallest absolute Gasteiger partial charge is 0.262 e. The van der Waals surface area contributed by atoms with Crippen LogP contribution < -0.4 is 5.32 Å². The molecule has 36 heavy (non-hydrogen) atoms. The topological polar surface area (TPSA) is 144 Å². The van der Waals surface area contributed by atoms with E-state index in [2.05, 4.69) is 30.5 Å². The summed E-state index contributed by atoms with van der Waals surface area (Å²) in [5.74, 6) is 0.726. The molecule has 2 unspecified atom stereocenters. The van der Waals surface area contributed by atoms with Crippen LogP contribution in [-0.2, 0) is 28.3 Å². The molecule has 6 heterocycles. The van der Waals surface area contributed by atoms with Crippen LogP contribution in [0.15, 0.2) is 47.1 Å². The van der Waals surface area contributed by atoms with Gasteiger partial charge in [-0.1, -0.05) is 11.2 Å². The van der Waals surface area contributed by atoms with E-state index in [-0.39, 0.29) is 18.3 Å². The molecule has 2 aliphatic heterocycles. The maximum atomic E-state index is 12.4. The number of rotatable bonds is 5. The lowest BCUT2D eigenvalue weighted by Crippen LogP contribution is -2.35. The van der Waals surface area contributed by atoms with E-state index in [9.17, 15) is 9.90 Å². The van der Waals surface area contributed by atoms with Crippen molar-refractivity contribution in [3.63, 3.8) is 0 Å². The highest BCUT2D eigenvalue weighted by molar-refractivity contribution is 5.87. The zero-order chi connectivity index (χ0) is 24.9. The highest BCUT2D eigenvalue weighted by atomic mass is 16.5. The molecule has 2 N–H and O–H groups in total. The van der Waals surface area contributed by atoms with Crippen molar-refractivity contribution in [1.82, 2.24) is 34.8 Å². The van der Waals surface area contributed by atoms with Crippen molar-refractivity contribution in [2.75, 3.05) is 18.9 Å². The summed E-state index contributed by atoms with van der Waals surface area (Å²) in [5.41, 5.74) is 1.42. The van der Waals surface area contributed by atoms with Crippen LogP contribution in [0.1, 0.15) is 24.8 Å². The van der Waals surface area contributed by atoms with E-state index in [4.69, 9.17) is 9.26 Å². The second kappa shape index (κ2) is 8.50. The van der Waals surface area contributed by atoms with Crippen LogP contribution in [0.5, 0.6) is 0 Å². The monoisotopic (exact) mass is 488 g/mol. The van der Waals surface area contributed by atoms with E-state index in [1.165, 1.54) is 4.90 Å². The second-order valence-corrected chi connectivity index (χ2v) is 9.04. The maximum absolute atomic E-state index is 12.4. The first-order chi connectivity index (χ1) is 17.4. The number of hydrogen-bond acceptors (Lipinski definition) is 10. The molecule has 0 aromatic carbocycles. The number of nitrogens with one attached hydrogen (secondary N) is 1. The molecule has 12 nitrogen and oxygen atoms in total. The summed E-state index contributed by atoms with van der Waals surface area (Å²) in [6, 6.07) is 10.7. The van der Waals surface area contributed by atoms with Crippen LogP contribution in [0.3, 0.4) is 0 Å². The Balaban J connectivity index is 1.24. The minimum atomic E-state index is -1.71. The average Bonchev–Trinajstić information content (AvgIpc) is 3.60. The molecule has 0 radical (unpaired) electrons. The number of hydrogen-bond donors (Lipinski definition) is 2. The Morgan fingerprint density at radius 1 is 1.14 bits per heavy atom. The highest BCUT2D eigenvalue weighted by Gasteiger charge is 2.48. The van der Waals surface area contributed by atoms with Gasteiger partial charge in [0.05, 0.1) is 42.0 Å². The fourth-order valence-electron chi connectivity index (χ4n) is 4.38. The number of nitrogens with zero attached hydrogens (tertiary/aromatic N) is 7. The van der Waals surface area contributed by atoms with Crippen molar-refractivity contribution >= 4 is 17.7 Å². The molecule has 1 saturated heterocycles. The summed E-state index contributed by atoms with van der Waals surface area (Å²) in [4.78, 5) is 27.4. The summed E-state index contributed by atoms with van der Waals surface area (Å²) in [6.45, 7) is 3.66. The number of anilines is 2. The van der Waals surface area contributed by atoms with Gasteiger partial charge >= 0.3 is 0 Å². The molecule has 6 rings (SSSR count). The SMILES string of the molecule is CC1Cn2nc(Nc3nccc(-c4cccc(-c5cc(C6(O)CCN(C)C6=O)on5)n4)n3)cc2CO1. The molecular weight excluding hydrogens is 464 g/mol. The maximum Gasteiger partial charge on any atom is 0.262 e. The molecule has 4 aromatic rings. The highest BCUT2D eigenvalue weighted by Crippen LogP contribution is 2.34. The quantitative estimate of drug-likeness (QED) is 0.428. The normalized spacial score (nSPS) is 21.6. The van der Waals surface area contributed by atoms with Crippen LogP contribution in [0, 0.1) is 0 Å². The van der Waals surface area contributed by atoms with Crippen LogP contribution in [0.2, 0.25) is 0 Å². The zero-order valence-corrected chi connectivity index (χ0v) is 19.7. The molecule has 2 atom stereocenters. The third-order valence-corrected chi connectivity index (χ3v) is 6.41. The van der Waals surface area contributed by atoms with E-state index in [1.54, 1.807) is 31.4 Å². The standard InChI is InChI=1S/C24H24N8O4/c1-14-12-32-15(13-35-14)10-21(29-32)28-23-25-8-6-18(27-23)16-4-3-5-17(26-16)19-11-20(36-30-19)24(34)7-9-31(2)22(24)33/h3-6,8,10-11,14,34H,7,9,12-13H2,1-2H3,(H,25,27,28,29). The Morgan fingerprint density at radius 3 is 2.75 bits per heavy atom. The Hall–Kier alpha value is -4.16. The molecule has 0 saturated carbocycles. The Kier molecular flexibility index (Phi) is 5.27. The Morgan fingerprint density at radius 2 is 1.94 bits per heavy atom. The van der Waals surface area contributed by atoms with Gasteiger partial charge in [-0.15, -0.1) is 0 Å². The summed E-state index contributed by atoms with van der Waals surface area (Å²) in [6.07, 6.45) is 2.01. The average molecular weight is 489 g/mol. The third kappa shape index (κ3) is 3.89. The van der Waals surface area contributed by atoms with Gasteiger partial charge < -0.3 is 24.6 Å². The predicted octanol–water partition coefficient (Wildman–Crippen LogP) is 2.10. The molecule has 0 aliphatic carbocycles. The first-order valence-electron chi connectivity index (χ1n) is 11.6. The summed E-state index contributed by atoms with van der Waals surface area (Å²) in [7, 11) is 1.64. The molecule has 0 bridgehead atoms. The molecule has 0 spiro atoms. The molecule has 4 aromatic heterocycles. The number of pyridine rings is 1. The largest absolute Gasteiger partial charge is 0.373 e. The van der Waals surface area contributed by atoms with Crippen molar-refractivity contribution in [2.24, 2.45) is 0 Å². The minimum Gasteiger partial charge on any atom is -0.373 e. The van der Waals surface area contributed by atoms with Gasteiger partial charge in [-0.05, 0) is 25.1 Å². The molecule has 2 aliphatic rings. The van der Waals surface area contributed by atoms with Crippen LogP contribution in [-0.4, -0.2) is 65.5 Å². The first kappa shape index (κ1) is 22.3. The van der Waals surface area contributed by atoms with Crippen molar-refractivity contribution in [1.29, 1.82) is 0 Å². The minimum absolute atomic E-state index is 0.107. The van der Waals surface area contributed by atoms with E-state index in [1.807, 2.05) is 29.8 Å². The second-order valence-electron chi connectivity index (χ2n) is 9.04. The number of ether oxygens (including phenoxy) is 1. The van der Waals surface area contributed by atoms with Gasteiger partial charge in [0.15, 0.2) is 11.6 Å². The number of likely N-dealkylation sites (tertiary alicyclic amines) is 1. The van der Waals surface area contributed by atoms with Gasteiger partial charge in [-0.3, -0.25) is 9.48 Å². The summed E-state index contributed by atoms with van der Waals surface area (Å²) >= 11 is 0. The first-order valence-corrected chi connectivity index (χ1v) is 11.6. The fourth-order valence-corrected chi connectivity index (χ4v) is 4.38.